The van der Waals surface area contributed by atoms with Gasteiger partial charge in [0.15, 0.2) is 0 Å². The number of urea groups is 1. The van der Waals surface area contributed by atoms with Crippen molar-refractivity contribution in [3.63, 3.8) is 0 Å². The Labute approximate surface area is 204 Å². The average molecular weight is 495 g/mol. The smallest absolute Gasteiger partial charge is 0.306 e. The third-order valence-corrected chi connectivity index (χ3v) is 8.84. The summed E-state index contributed by atoms with van der Waals surface area (Å²) in [6.45, 7) is 10.4. The summed E-state index contributed by atoms with van der Waals surface area (Å²) in [5.74, 6) is 0.411. The second-order valence-corrected chi connectivity index (χ2v) is 11.7. The molecule has 1 atom stereocenters. The largest absolute Gasteiger partial charge is 0.330 e. The van der Waals surface area contributed by atoms with Gasteiger partial charge in [0.25, 0.3) is 0 Å². The molecule has 33 heavy (non-hydrogen) atoms. The molecule has 1 aliphatic heterocycles. The molecule has 7 nitrogen and oxygen atoms in total. The van der Waals surface area contributed by atoms with Crippen LogP contribution < -0.4 is 14.3 Å². The van der Waals surface area contributed by atoms with Crippen LogP contribution in [0.5, 0.6) is 0 Å². The number of likely N-dealkylation sites (tertiary alicyclic amines) is 1. The molecule has 1 unspecified atom stereocenters. The molecule has 1 saturated carbocycles. The summed E-state index contributed by atoms with van der Waals surface area (Å²) < 4.78 is 21.5. The summed E-state index contributed by atoms with van der Waals surface area (Å²) in [5.41, 5.74) is 1.29. The number of rotatable bonds is 8. The van der Waals surface area contributed by atoms with Crippen LogP contribution in [-0.2, 0) is 0 Å². The third kappa shape index (κ3) is 5.66. The monoisotopic (exact) mass is 494 g/mol. The van der Waals surface area contributed by atoms with E-state index >= 15 is 4.39 Å². The van der Waals surface area contributed by atoms with Gasteiger partial charge < -0.3 is 10.2 Å². The van der Waals surface area contributed by atoms with Gasteiger partial charge >= 0.3 is 6.03 Å². The second-order valence-electron chi connectivity index (χ2n) is 9.76. The quantitative estimate of drug-likeness (QED) is 0.444. The first-order chi connectivity index (χ1) is 15.7. The molecule has 2 aromatic rings. The summed E-state index contributed by atoms with van der Waals surface area (Å²) in [6, 6.07) is 2.01. The van der Waals surface area contributed by atoms with Crippen molar-refractivity contribution >= 4 is 40.9 Å². The van der Waals surface area contributed by atoms with Crippen molar-refractivity contribution in [3.05, 3.63) is 28.0 Å². The van der Waals surface area contributed by atoms with Crippen molar-refractivity contribution in [1.29, 1.82) is 0 Å². The van der Waals surface area contributed by atoms with Gasteiger partial charge in [0.1, 0.15) is 5.69 Å². The van der Waals surface area contributed by atoms with Crippen molar-refractivity contribution in [3.8, 4) is 0 Å². The minimum atomic E-state index is -0.318. The summed E-state index contributed by atoms with van der Waals surface area (Å²) in [7, 11) is 2.08. The zero-order valence-electron chi connectivity index (χ0n) is 20.1. The lowest BCUT2D eigenvalue weighted by atomic mass is 10.1. The van der Waals surface area contributed by atoms with Crippen molar-refractivity contribution in [2.24, 2.45) is 0 Å². The van der Waals surface area contributed by atoms with E-state index in [-0.39, 0.29) is 24.1 Å². The van der Waals surface area contributed by atoms with Crippen LogP contribution in [-0.4, -0.2) is 46.9 Å². The molecule has 1 aliphatic carbocycles. The number of hydrogen-bond donors (Lipinski definition) is 2. The van der Waals surface area contributed by atoms with Gasteiger partial charge in [-0.25, -0.2) is 9.48 Å². The highest BCUT2D eigenvalue weighted by atomic mass is 32.2. The van der Waals surface area contributed by atoms with Gasteiger partial charge in [0.05, 0.1) is 36.1 Å². The fourth-order valence-electron chi connectivity index (χ4n) is 4.19. The number of nitrogens with one attached hydrogen (secondary N) is 2. The van der Waals surface area contributed by atoms with E-state index in [1.54, 1.807) is 17.5 Å². The van der Waals surface area contributed by atoms with Crippen LogP contribution in [0.3, 0.4) is 0 Å². The molecule has 0 bridgehead atoms. The van der Waals surface area contributed by atoms with E-state index in [1.165, 1.54) is 14.4 Å². The number of likely N-dealkylation sites (N-methyl/N-ethyl adjacent to an activating group) is 1. The molecule has 2 amide bonds. The molecule has 0 spiro atoms. The number of halogens is 1. The molecule has 2 aliphatic rings. The van der Waals surface area contributed by atoms with Crippen molar-refractivity contribution < 1.29 is 9.18 Å². The summed E-state index contributed by atoms with van der Waals surface area (Å²) in [5, 5.41) is 7.33. The average Bonchev–Trinajstić information content (AvgIpc) is 3.40. The molecule has 0 radical (unpaired) electrons. The predicted molar refractivity (Wildman–Crippen MR) is 136 cm³/mol. The van der Waals surface area contributed by atoms with Crippen molar-refractivity contribution in [2.45, 2.75) is 77.3 Å². The van der Waals surface area contributed by atoms with E-state index in [2.05, 4.69) is 60.8 Å². The van der Waals surface area contributed by atoms with E-state index in [0.717, 1.165) is 56.6 Å². The molecular weight excluding hydrogens is 459 g/mol. The lowest BCUT2D eigenvalue weighted by Gasteiger charge is -2.37. The molecule has 1 saturated heterocycles. The number of nitrogens with zero attached hydrogens (tertiary/aromatic N) is 4. The SMILES string of the molecule is CC(C)c1cc(NC(=O)NSN(c2cnn(C3CC3)c2F)C2CCCN(C)C2)c(C(C)C)s1. The zero-order chi connectivity index (χ0) is 23.7. The number of thiophene rings is 1. The van der Waals surface area contributed by atoms with Gasteiger partial charge in [-0.15, -0.1) is 11.3 Å². The first-order valence-electron chi connectivity index (χ1n) is 11.8. The number of carbonyl (C=O) groups excluding carboxylic acids is 1. The lowest BCUT2D eigenvalue weighted by molar-refractivity contribution is 0.253. The van der Waals surface area contributed by atoms with E-state index in [1.807, 2.05) is 4.31 Å². The molecule has 182 valence electrons. The van der Waals surface area contributed by atoms with Gasteiger partial charge in [0, 0.05) is 16.3 Å². The number of piperidine rings is 1. The summed E-state index contributed by atoms with van der Waals surface area (Å²) in [6.07, 6.45) is 5.51. The van der Waals surface area contributed by atoms with Gasteiger partial charge in [-0.2, -0.15) is 9.49 Å². The van der Waals surface area contributed by atoms with Crippen molar-refractivity contribution in [1.82, 2.24) is 19.4 Å². The number of carbonyl (C=O) groups is 1. The Kier molecular flexibility index (Phi) is 7.55. The molecule has 3 heterocycles. The number of amides is 2. The number of hydrogen-bond acceptors (Lipinski definition) is 6. The van der Waals surface area contributed by atoms with Gasteiger partial charge in [-0.3, -0.25) is 9.03 Å². The predicted octanol–water partition coefficient (Wildman–Crippen LogP) is 5.95. The maximum Gasteiger partial charge on any atom is 0.330 e. The van der Waals surface area contributed by atoms with Crippen LogP contribution in [0.25, 0.3) is 0 Å². The Hall–Kier alpha value is -1.78. The van der Waals surface area contributed by atoms with Gasteiger partial charge in [-0.05, 0) is 57.2 Å². The van der Waals surface area contributed by atoms with Crippen LogP contribution in [0.15, 0.2) is 12.3 Å². The van der Waals surface area contributed by atoms with Crippen LogP contribution in [0, 0.1) is 5.95 Å². The van der Waals surface area contributed by atoms with E-state index in [4.69, 9.17) is 0 Å². The molecule has 2 N–H and O–H groups in total. The zero-order valence-corrected chi connectivity index (χ0v) is 21.7. The molecule has 4 rings (SSSR count). The topological polar surface area (TPSA) is 65.4 Å². The third-order valence-electron chi connectivity index (χ3n) is 6.14. The van der Waals surface area contributed by atoms with Crippen LogP contribution >= 0.6 is 23.5 Å². The van der Waals surface area contributed by atoms with E-state index < -0.39 is 0 Å². The van der Waals surface area contributed by atoms with Crippen molar-refractivity contribution in [2.75, 3.05) is 29.8 Å². The Morgan fingerprint density at radius 1 is 1.27 bits per heavy atom. The number of anilines is 2. The molecule has 2 aromatic heterocycles. The highest BCUT2D eigenvalue weighted by molar-refractivity contribution is 7.99. The van der Waals surface area contributed by atoms with Crippen LogP contribution in [0.4, 0.5) is 20.6 Å². The maximum atomic E-state index is 15.2. The lowest BCUT2D eigenvalue weighted by Crippen LogP contribution is -2.45. The fraction of sp³-hybridized carbons (Fsp3) is 0.652. The Morgan fingerprint density at radius 3 is 2.67 bits per heavy atom. The van der Waals surface area contributed by atoms with Gasteiger partial charge in [0.2, 0.25) is 5.95 Å². The standard InChI is InChI=1S/C23H35FN6OS2/c1-14(2)20-11-18(21(32-20)15(3)4)26-23(31)27-33-30(17-7-6-10-28(5)13-17)19-12-25-29(22(19)24)16-8-9-16/h11-12,14-17H,6-10,13H2,1-5H3,(H2,26,27,31). The van der Waals surface area contributed by atoms with Crippen LogP contribution in [0.1, 0.15) is 81.0 Å². The number of aromatic nitrogens is 2. The minimum Gasteiger partial charge on any atom is -0.306 e. The van der Waals surface area contributed by atoms with E-state index in [0.29, 0.717) is 17.5 Å². The Morgan fingerprint density at radius 2 is 2.03 bits per heavy atom. The first kappa shape index (κ1) is 24.3. The summed E-state index contributed by atoms with van der Waals surface area (Å²) in [4.78, 5) is 17.5. The Balaban J connectivity index is 1.48. The highest BCUT2D eigenvalue weighted by Gasteiger charge is 2.33. The maximum absolute atomic E-state index is 15.2. The highest BCUT2D eigenvalue weighted by Crippen LogP contribution is 2.39. The summed E-state index contributed by atoms with van der Waals surface area (Å²) >= 11 is 2.90. The van der Waals surface area contributed by atoms with Crippen LogP contribution in [0.2, 0.25) is 0 Å². The molecular formula is C23H35FN6OS2. The molecule has 2 fully saturated rings. The molecule has 10 heteroatoms. The van der Waals surface area contributed by atoms with E-state index in [9.17, 15) is 4.79 Å². The second kappa shape index (κ2) is 10.2. The Bertz CT molecular complexity index is 970. The fourth-order valence-corrected chi connectivity index (χ4v) is 6.08. The first-order valence-corrected chi connectivity index (χ1v) is 13.4. The van der Waals surface area contributed by atoms with Gasteiger partial charge in [-0.1, -0.05) is 27.7 Å². The molecule has 0 aromatic carbocycles. The normalized spacial score (nSPS) is 19.3. The minimum absolute atomic E-state index is 0.0836.